The molecule has 0 aromatic carbocycles. The number of rotatable bonds is 3. The van der Waals surface area contributed by atoms with Crippen LogP contribution in [0.5, 0.6) is 0 Å². The van der Waals surface area contributed by atoms with Crippen LogP contribution in [0.2, 0.25) is 0 Å². The zero-order valence-corrected chi connectivity index (χ0v) is 12.8. The fourth-order valence-corrected chi connectivity index (χ4v) is 3.55. The summed E-state index contributed by atoms with van der Waals surface area (Å²) in [6.45, 7) is 1.84. The summed E-state index contributed by atoms with van der Waals surface area (Å²) in [7, 11) is 0. The molecule has 0 atom stereocenters. The van der Waals surface area contributed by atoms with Crippen molar-refractivity contribution in [2.45, 2.75) is 31.6 Å². The summed E-state index contributed by atoms with van der Waals surface area (Å²) in [5.41, 5.74) is 2.00. The molecule has 0 aliphatic heterocycles. The predicted molar refractivity (Wildman–Crippen MR) is 82.9 cm³/mol. The average molecular weight is 314 g/mol. The van der Waals surface area contributed by atoms with Gasteiger partial charge in [0.1, 0.15) is 0 Å². The molecule has 0 bridgehead atoms. The molecule has 0 radical (unpaired) electrons. The van der Waals surface area contributed by atoms with E-state index >= 15 is 0 Å². The summed E-state index contributed by atoms with van der Waals surface area (Å²) < 4.78 is 0. The summed E-state index contributed by atoms with van der Waals surface area (Å²) in [5, 5.41) is 20.8. The van der Waals surface area contributed by atoms with E-state index in [1.165, 1.54) is 11.3 Å². The van der Waals surface area contributed by atoms with Gasteiger partial charge in [0.25, 0.3) is 0 Å². The second kappa shape index (κ2) is 5.39. The first-order chi connectivity index (χ1) is 10.5. The lowest BCUT2D eigenvalue weighted by atomic mass is 9.67. The van der Waals surface area contributed by atoms with Crippen LogP contribution in [0.4, 0.5) is 9.93 Å². The standard InChI is InChI=1S/C15H14N4O2S/c1-9-12(22-13(18-9)19-14(20)21)10-3-6-17-11(7-10)15(8-16)4-2-5-15/h3,6-7H,2,4-5H2,1H3,(H,18,19)(H,20,21). The van der Waals surface area contributed by atoms with Crippen molar-refractivity contribution in [3.05, 3.63) is 29.7 Å². The van der Waals surface area contributed by atoms with Crippen molar-refractivity contribution in [3.63, 3.8) is 0 Å². The van der Waals surface area contributed by atoms with Gasteiger partial charge in [-0.2, -0.15) is 5.26 Å². The molecule has 112 valence electrons. The number of aromatic nitrogens is 2. The lowest BCUT2D eigenvalue weighted by Gasteiger charge is -2.34. The molecule has 2 aromatic rings. The molecule has 1 fully saturated rings. The third kappa shape index (κ3) is 2.42. The van der Waals surface area contributed by atoms with Crippen molar-refractivity contribution in [1.82, 2.24) is 9.97 Å². The summed E-state index contributed by atoms with van der Waals surface area (Å²) >= 11 is 1.28. The minimum atomic E-state index is -1.13. The van der Waals surface area contributed by atoms with Gasteiger partial charge in [0.15, 0.2) is 5.13 Å². The molecule has 6 nitrogen and oxygen atoms in total. The van der Waals surface area contributed by atoms with Crippen LogP contribution in [0.15, 0.2) is 18.3 Å². The molecule has 0 spiro atoms. The Labute approximate surface area is 131 Å². The number of nitriles is 1. The van der Waals surface area contributed by atoms with Gasteiger partial charge in [0, 0.05) is 6.20 Å². The first-order valence-corrected chi connectivity index (χ1v) is 7.71. The topological polar surface area (TPSA) is 98.9 Å². The number of anilines is 1. The molecule has 7 heteroatoms. The van der Waals surface area contributed by atoms with Gasteiger partial charge >= 0.3 is 6.09 Å². The van der Waals surface area contributed by atoms with Crippen molar-refractivity contribution >= 4 is 22.6 Å². The number of carboxylic acid groups (broad SMARTS) is 1. The molecule has 2 aromatic heterocycles. The molecule has 1 amide bonds. The molecule has 22 heavy (non-hydrogen) atoms. The van der Waals surface area contributed by atoms with Crippen molar-refractivity contribution in [2.75, 3.05) is 5.32 Å². The Kier molecular flexibility index (Phi) is 3.54. The SMILES string of the molecule is Cc1nc(NC(=O)O)sc1-c1ccnc(C2(C#N)CCC2)c1. The van der Waals surface area contributed by atoms with E-state index in [1.54, 1.807) is 6.20 Å². The van der Waals surface area contributed by atoms with Gasteiger partial charge in [0.05, 0.1) is 27.7 Å². The van der Waals surface area contributed by atoms with E-state index in [9.17, 15) is 10.1 Å². The maximum atomic E-state index is 10.7. The number of aryl methyl sites for hydroxylation is 1. The highest BCUT2D eigenvalue weighted by atomic mass is 32.1. The smallest absolute Gasteiger partial charge is 0.410 e. The van der Waals surface area contributed by atoms with Gasteiger partial charge in [-0.3, -0.25) is 10.3 Å². The zero-order chi connectivity index (χ0) is 15.7. The number of carbonyl (C=O) groups is 1. The number of amides is 1. The van der Waals surface area contributed by atoms with Gasteiger partial charge in [0.2, 0.25) is 0 Å². The van der Waals surface area contributed by atoms with Crippen LogP contribution in [-0.4, -0.2) is 21.2 Å². The van der Waals surface area contributed by atoms with E-state index in [1.807, 2.05) is 19.1 Å². The van der Waals surface area contributed by atoms with Crippen LogP contribution in [0.1, 0.15) is 30.7 Å². The second-order valence-corrected chi connectivity index (χ2v) is 6.34. The molecule has 0 saturated heterocycles. The highest BCUT2D eigenvalue weighted by molar-refractivity contribution is 7.19. The van der Waals surface area contributed by atoms with Gasteiger partial charge < -0.3 is 5.11 Å². The summed E-state index contributed by atoms with van der Waals surface area (Å²) in [5.74, 6) is 0. The number of hydrogen-bond donors (Lipinski definition) is 2. The van der Waals surface area contributed by atoms with Gasteiger partial charge in [-0.1, -0.05) is 11.3 Å². The molecule has 3 rings (SSSR count). The van der Waals surface area contributed by atoms with Crippen LogP contribution >= 0.6 is 11.3 Å². The molecular formula is C15H14N4O2S. The Morgan fingerprint density at radius 3 is 2.91 bits per heavy atom. The zero-order valence-electron chi connectivity index (χ0n) is 12.0. The maximum absolute atomic E-state index is 10.7. The third-order valence-corrected chi connectivity index (χ3v) is 5.07. The van der Waals surface area contributed by atoms with Crippen LogP contribution in [0, 0.1) is 18.3 Å². The van der Waals surface area contributed by atoms with Crippen LogP contribution in [0.25, 0.3) is 10.4 Å². The summed E-state index contributed by atoms with van der Waals surface area (Å²) in [6, 6.07) is 6.17. The van der Waals surface area contributed by atoms with E-state index in [2.05, 4.69) is 21.4 Å². The Hall–Kier alpha value is -2.46. The van der Waals surface area contributed by atoms with Crippen molar-refractivity contribution < 1.29 is 9.90 Å². The molecule has 0 unspecified atom stereocenters. The molecule has 2 heterocycles. The number of hydrogen-bond acceptors (Lipinski definition) is 5. The Morgan fingerprint density at radius 2 is 2.32 bits per heavy atom. The van der Waals surface area contributed by atoms with E-state index in [0.717, 1.165) is 41.1 Å². The summed E-state index contributed by atoms with van der Waals surface area (Å²) in [4.78, 5) is 20.2. The largest absolute Gasteiger partial charge is 0.465 e. The molecule has 1 aliphatic rings. The Balaban J connectivity index is 1.98. The maximum Gasteiger partial charge on any atom is 0.410 e. The summed E-state index contributed by atoms with van der Waals surface area (Å²) in [6.07, 6.45) is 3.30. The number of nitrogens with zero attached hydrogens (tertiary/aromatic N) is 3. The fraction of sp³-hybridized carbons (Fsp3) is 0.333. The highest BCUT2D eigenvalue weighted by Gasteiger charge is 2.40. The Morgan fingerprint density at radius 1 is 1.55 bits per heavy atom. The number of thiazole rings is 1. The average Bonchev–Trinajstić information content (AvgIpc) is 2.78. The highest BCUT2D eigenvalue weighted by Crippen LogP contribution is 2.43. The minimum absolute atomic E-state index is 0.344. The van der Waals surface area contributed by atoms with E-state index in [4.69, 9.17) is 5.11 Å². The van der Waals surface area contributed by atoms with Crippen molar-refractivity contribution in [2.24, 2.45) is 0 Å². The lowest BCUT2D eigenvalue weighted by molar-refractivity contribution is 0.209. The van der Waals surface area contributed by atoms with Crippen molar-refractivity contribution in [3.8, 4) is 16.5 Å². The first kappa shape index (κ1) is 14.5. The third-order valence-electron chi connectivity index (χ3n) is 3.94. The monoisotopic (exact) mass is 314 g/mol. The Bertz CT molecular complexity index is 774. The van der Waals surface area contributed by atoms with Gasteiger partial charge in [-0.15, -0.1) is 0 Å². The molecule has 1 aliphatic carbocycles. The first-order valence-electron chi connectivity index (χ1n) is 6.90. The lowest BCUT2D eigenvalue weighted by Crippen LogP contribution is -2.33. The van der Waals surface area contributed by atoms with Crippen LogP contribution in [-0.2, 0) is 5.41 Å². The quantitative estimate of drug-likeness (QED) is 0.902. The molecule has 1 saturated carbocycles. The van der Waals surface area contributed by atoms with Gasteiger partial charge in [-0.25, -0.2) is 9.78 Å². The fourth-order valence-electron chi connectivity index (χ4n) is 2.60. The molecule has 2 N–H and O–H groups in total. The number of pyridine rings is 1. The van der Waals surface area contributed by atoms with E-state index in [-0.39, 0.29) is 0 Å². The van der Waals surface area contributed by atoms with E-state index < -0.39 is 11.5 Å². The normalized spacial score (nSPS) is 15.6. The van der Waals surface area contributed by atoms with E-state index in [0.29, 0.717) is 5.13 Å². The predicted octanol–water partition coefficient (Wildman–Crippen LogP) is 3.55. The van der Waals surface area contributed by atoms with Gasteiger partial charge in [-0.05, 0) is 43.9 Å². The van der Waals surface area contributed by atoms with Crippen LogP contribution < -0.4 is 5.32 Å². The van der Waals surface area contributed by atoms with Crippen LogP contribution in [0.3, 0.4) is 0 Å². The second-order valence-electron chi connectivity index (χ2n) is 5.34. The number of nitrogens with one attached hydrogen (secondary N) is 1. The molecular weight excluding hydrogens is 300 g/mol. The minimum Gasteiger partial charge on any atom is -0.465 e. The van der Waals surface area contributed by atoms with Crippen molar-refractivity contribution in [1.29, 1.82) is 5.26 Å².